The summed E-state index contributed by atoms with van der Waals surface area (Å²) in [5, 5.41) is 19.0. The third-order valence-electron chi connectivity index (χ3n) is 4.42. The third-order valence-corrected chi connectivity index (χ3v) is 4.42. The highest BCUT2D eigenvalue weighted by atomic mass is 16.4. The van der Waals surface area contributed by atoms with Crippen LogP contribution in [0.1, 0.15) is 61.3 Å². The molecule has 2 aromatic rings. The minimum atomic E-state index is -0.969. The molecule has 7 heteroatoms. The normalized spacial score (nSPS) is 10.8. The molecule has 0 unspecified atom stereocenters. The second-order valence-corrected chi connectivity index (χ2v) is 6.08. The van der Waals surface area contributed by atoms with Crippen LogP contribution in [0, 0.1) is 0 Å². The monoisotopic (exact) mass is 358 g/mol. The highest BCUT2D eigenvalue weighted by Gasteiger charge is 2.16. The lowest BCUT2D eigenvalue weighted by Crippen LogP contribution is -2.28. The van der Waals surface area contributed by atoms with Crippen molar-refractivity contribution in [2.24, 2.45) is 0 Å². The first-order chi connectivity index (χ1) is 12.5. The number of aromatic carboxylic acids is 1. The molecule has 7 nitrogen and oxygen atoms in total. The number of anilines is 1. The Bertz CT molecular complexity index is 749. The maximum atomic E-state index is 12.2. The summed E-state index contributed by atoms with van der Waals surface area (Å²) in [6.07, 6.45) is 4.45. The first-order valence-corrected chi connectivity index (χ1v) is 8.93. The number of nitrogens with one attached hydrogen (secondary N) is 2. The van der Waals surface area contributed by atoms with Crippen LogP contribution in [0.2, 0.25) is 0 Å². The number of carbonyl (C=O) groups is 2. The summed E-state index contributed by atoms with van der Waals surface area (Å²) < 4.78 is 2.00. The first kappa shape index (κ1) is 19.5. The number of carboxylic acids is 1. The molecule has 0 aliphatic carbocycles. The minimum Gasteiger partial charge on any atom is -0.478 e. The summed E-state index contributed by atoms with van der Waals surface area (Å²) in [5.41, 5.74) is 2.78. The largest absolute Gasteiger partial charge is 0.478 e. The van der Waals surface area contributed by atoms with E-state index in [1.807, 2.05) is 11.6 Å². The molecule has 3 N–H and O–H groups in total. The van der Waals surface area contributed by atoms with E-state index < -0.39 is 5.97 Å². The highest BCUT2D eigenvalue weighted by Crippen LogP contribution is 2.23. The van der Waals surface area contributed by atoms with Crippen molar-refractivity contribution in [3.8, 4) is 0 Å². The second kappa shape index (κ2) is 9.03. The van der Waals surface area contributed by atoms with Gasteiger partial charge in [0.25, 0.3) is 0 Å². The van der Waals surface area contributed by atoms with Crippen molar-refractivity contribution in [1.82, 2.24) is 15.1 Å². The first-order valence-electron chi connectivity index (χ1n) is 8.93. The number of carboxylic acid groups (broad SMARTS) is 1. The van der Waals surface area contributed by atoms with Gasteiger partial charge in [0, 0.05) is 6.54 Å². The van der Waals surface area contributed by atoms with Gasteiger partial charge in [0.05, 0.1) is 29.2 Å². The molecule has 0 aliphatic rings. The Labute approximate surface area is 153 Å². The summed E-state index contributed by atoms with van der Waals surface area (Å²) in [5.74, 6) is -0.969. The Kier molecular flexibility index (Phi) is 6.77. The van der Waals surface area contributed by atoms with Crippen LogP contribution in [-0.4, -0.2) is 26.9 Å². The molecule has 26 heavy (non-hydrogen) atoms. The lowest BCUT2D eigenvalue weighted by Gasteiger charge is -2.17. The summed E-state index contributed by atoms with van der Waals surface area (Å²) in [6, 6.07) is 6.43. The smallest absolute Gasteiger partial charge is 0.335 e. The van der Waals surface area contributed by atoms with E-state index in [1.54, 1.807) is 18.3 Å². The maximum Gasteiger partial charge on any atom is 0.335 e. The second-order valence-electron chi connectivity index (χ2n) is 6.08. The standard InChI is InChI=1S/C19H26N4O3/c1-4-15(5-2)23-17(6-3)16(12-21-23)22-19(26)20-11-13-7-9-14(10-8-13)18(24)25/h7-10,12,15H,4-6,11H2,1-3H3,(H,24,25)(H2,20,22,26). The molecule has 1 aromatic carbocycles. The van der Waals surface area contributed by atoms with Crippen molar-refractivity contribution in [1.29, 1.82) is 0 Å². The Morgan fingerprint density at radius 1 is 1.15 bits per heavy atom. The molecule has 0 radical (unpaired) electrons. The number of carbonyl (C=O) groups excluding carboxylic acids is 1. The predicted molar refractivity (Wildman–Crippen MR) is 100 cm³/mol. The Morgan fingerprint density at radius 2 is 1.81 bits per heavy atom. The van der Waals surface area contributed by atoms with Crippen LogP contribution >= 0.6 is 0 Å². The third kappa shape index (κ3) is 4.62. The lowest BCUT2D eigenvalue weighted by molar-refractivity contribution is 0.0697. The number of benzene rings is 1. The van der Waals surface area contributed by atoms with Crippen molar-refractivity contribution in [2.75, 3.05) is 5.32 Å². The fourth-order valence-corrected chi connectivity index (χ4v) is 2.91. The van der Waals surface area contributed by atoms with Crippen LogP contribution in [0.3, 0.4) is 0 Å². The molecule has 0 aliphatic heterocycles. The van der Waals surface area contributed by atoms with E-state index in [-0.39, 0.29) is 11.6 Å². The van der Waals surface area contributed by atoms with Gasteiger partial charge in [-0.05, 0) is 37.0 Å². The predicted octanol–water partition coefficient (Wildman–Crippen LogP) is 3.83. The van der Waals surface area contributed by atoms with Crippen LogP contribution in [0.4, 0.5) is 10.5 Å². The van der Waals surface area contributed by atoms with Crippen molar-refractivity contribution in [3.63, 3.8) is 0 Å². The molecule has 2 rings (SSSR count). The van der Waals surface area contributed by atoms with E-state index in [2.05, 4.69) is 29.6 Å². The van der Waals surface area contributed by atoms with Crippen LogP contribution in [-0.2, 0) is 13.0 Å². The molecule has 1 aromatic heterocycles. The molecule has 0 atom stereocenters. The summed E-state index contributed by atoms with van der Waals surface area (Å²) in [4.78, 5) is 23.0. The average molecular weight is 358 g/mol. The van der Waals surface area contributed by atoms with Gasteiger partial charge in [-0.25, -0.2) is 9.59 Å². The summed E-state index contributed by atoms with van der Waals surface area (Å²) in [7, 11) is 0. The fraction of sp³-hybridized carbons (Fsp3) is 0.421. The average Bonchev–Trinajstić information content (AvgIpc) is 3.03. The number of hydrogen-bond acceptors (Lipinski definition) is 3. The Morgan fingerprint density at radius 3 is 2.35 bits per heavy atom. The molecular formula is C19H26N4O3. The van der Waals surface area contributed by atoms with Gasteiger partial charge < -0.3 is 15.7 Å². The molecule has 0 bridgehead atoms. The van der Waals surface area contributed by atoms with Crippen molar-refractivity contribution in [2.45, 2.75) is 52.6 Å². The quantitative estimate of drug-likeness (QED) is 0.668. The zero-order valence-electron chi connectivity index (χ0n) is 15.5. The molecule has 0 saturated heterocycles. The van der Waals surface area contributed by atoms with Gasteiger partial charge in [0.2, 0.25) is 0 Å². The van der Waals surface area contributed by atoms with E-state index in [1.165, 1.54) is 12.1 Å². The highest BCUT2D eigenvalue weighted by molar-refractivity contribution is 5.90. The number of amides is 2. The Hall–Kier alpha value is -2.83. The zero-order valence-corrected chi connectivity index (χ0v) is 15.5. The van der Waals surface area contributed by atoms with Gasteiger partial charge in [-0.3, -0.25) is 4.68 Å². The van der Waals surface area contributed by atoms with Gasteiger partial charge in [-0.1, -0.05) is 32.9 Å². The van der Waals surface area contributed by atoms with Gasteiger partial charge >= 0.3 is 12.0 Å². The number of urea groups is 1. The minimum absolute atomic E-state index is 0.222. The number of hydrogen-bond donors (Lipinski definition) is 3. The van der Waals surface area contributed by atoms with E-state index in [4.69, 9.17) is 5.11 Å². The van der Waals surface area contributed by atoms with Crippen molar-refractivity contribution in [3.05, 3.63) is 47.3 Å². The van der Waals surface area contributed by atoms with Gasteiger partial charge in [0.1, 0.15) is 0 Å². The van der Waals surface area contributed by atoms with Crippen LogP contribution in [0.15, 0.2) is 30.5 Å². The van der Waals surface area contributed by atoms with E-state index in [0.717, 1.165) is 36.2 Å². The Balaban J connectivity index is 1.98. The maximum absolute atomic E-state index is 12.2. The SMILES string of the molecule is CCc1c(NC(=O)NCc2ccc(C(=O)O)cc2)cnn1C(CC)CC. The zero-order chi connectivity index (χ0) is 19.1. The van der Waals surface area contributed by atoms with Crippen molar-refractivity contribution < 1.29 is 14.7 Å². The number of aromatic nitrogens is 2. The molecule has 0 spiro atoms. The van der Waals surface area contributed by atoms with Crippen molar-refractivity contribution >= 4 is 17.7 Å². The molecule has 0 saturated carbocycles. The topological polar surface area (TPSA) is 96.2 Å². The number of nitrogens with zero attached hydrogens (tertiary/aromatic N) is 2. The fourth-order valence-electron chi connectivity index (χ4n) is 2.91. The van der Waals surface area contributed by atoms with Gasteiger partial charge in [-0.2, -0.15) is 5.10 Å². The summed E-state index contributed by atoms with van der Waals surface area (Å²) >= 11 is 0. The number of rotatable bonds is 8. The van der Waals surface area contributed by atoms with Crippen LogP contribution in [0.25, 0.3) is 0 Å². The van der Waals surface area contributed by atoms with Crippen LogP contribution < -0.4 is 10.6 Å². The van der Waals surface area contributed by atoms with Gasteiger partial charge in [0.15, 0.2) is 0 Å². The molecule has 1 heterocycles. The molecular weight excluding hydrogens is 332 g/mol. The van der Waals surface area contributed by atoms with E-state index in [0.29, 0.717) is 12.6 Å². The van der Waals surface area contributed by atoms with E-state index >= 15 is 0 Å². The lowest BCUT2D eigenvalue weighted by atomic mass is 10.1. The molecule has 0 fully saturated rings. The van der Waals surface area contributed by atoms with E-state index in [9.17, 15) is 9.59 Å². The van der Waals surface area contributed by atoms with Gasteiger partial charge in [-0.15, -0.1) is 0 Å². The molecule has 2 amide bonds. The summed E-state index contributed by atoms with van der Waals surface area (Å²) in [6.45, 7) is 6.62. The molecule has 140 valence electrons. The van der Waals surface area contributed by atoms with Crippen LogP contribution in [0.5, 0.6) is 0 Å².